The molecule has 0 bridgehead atoms. The highest BCUT2D eigenvalue weighted by Gasteiger charge is 2.32. The summed E-state index contributed by atoms with van der Waals surface area (Å²) in [4.78, 5) is 26.7. The Morgan fingerprint density at radius 1 is 1.29 bits per heavy atom. The summed E-state index contributed by atoms with van der Waals surface area (Å²) in [7, 11) is 0. The van der Waals surface area contributed by atoms with Crippen LogP contribution in [0.3, 0.4) is 0 Å². The van der Waals surface area contributed by atoms with E-state index in [1.807, 2.05) is 24.3 Å². The van der Waals surface area contributed by atoms with Gasteiger partial charge in [-0.3, -0.25) is 9.69 Å². The maximum atomic E-state index is 12.0. The zero-order valence-electron chi connectivity index (χ0n) is 13.6. The Labute approximate surface area is 144 Å². The average Bonchev–Trinajstić information content (AvgIpc) is 2.95. The highest BCUT2D eigenvalue weighted by Crippen LogP contribution is 2.25. The van der Waals surface area contributed by atoms with E-state index in [-0.39, 0.29) is 12.0 Å². The van der Waals surface area contributed by atoms with Crippen LogP contribution in [-0.2, 0) is 20.7 Å². The van der Waals surface area contributed by atoms with Gasteiger partial charge in [0.2, 0.25) is 5.91 Å². The molecule has 8 heteroatoms. The van der Waals surface area contributed by atoms with Gasteiger partial charge in [-0.1, -0.05) is 11.2 Å². The predicted molar refractivity (Wildman–Crippen MR) is 92.8 cm³/mol. The van der Waals surface area contributed by atoms with Gasteiger partial charge in [-0.2, -0.15) is 0 Å². The van der Waals surface area contributed by atoms with Gasteiger partial charge in [-0.05, 0) is 24.3 Å². The molecule has 2 fully saturated rings. The SMILES string of the molecule is CC(=O)NC[C@H]1CN(c2ccc(N3CC[S+]([O-])CC3)cc2)C(=O)O1. The number of benzene rings is 1. The maximum Gasteiger partial charge on any atom is 0.414 e. The smallest absolute Gasteiger partial charge is 0.414 e. The van der Waals surface area contributed by atoms with Gasteiger partial charge in [-0.25, -0.2) is 4.79 Å². The Hall–Kier alpha value is -1.93. The second kappa shape index (κ2) is 7.31. The molecule has 2 saturated heterocycles. The molecule has 1 N–H and O–H groups in total. The molecule has 0 unspecified atom stereocenters. The van der Waals surface area contributed by atoms with Crippen molar-refractivity contribution in [2.45, 2.75) is 13.0 Å². The third-order valence-corrected chi connectivity index (χ3v) is 5.43. The molecule has 1 atom stereocenters. The van der Waals surface area contributed by atoms with Crippen LogP contribution in [0, 0.1) is 0 Å². The molecule has 0 spiro atoms. The van der Waals surface area contributed by atoms with Crippen molar-refractivity contribution in [2.24, 2.45) is 0 Å². The number of nitrogens with zero attached hydrogens (tertiary/aromatic N) is 2. The van der Waals surface area contributed by atoms with Crippen LogP contribution in [0.25, 0.3) is 0 Å². The van der Waals surface area contributed by atoms with Crippen molar-refractivity contribution < 1.29 is 18.9 Å². The molecule has 1 aromatic carbocycles. The molecule has 2 aliphatic rings. The molecule has 0 saturated carbocycles. The summed E-state index contributed by atoms with van der Waals surface area (Å²) in [5, 5.41) is 2.66. The summed E-state index contributed by atoms with van der Waals surface area (Å²) in [6.07, 6.45) is -0.732. The van der Waals surface area contributed by atoms with Gasteiger partial charge in [-0.15, -0.1) is 0 Å². The number of nitrogens with one attached hydrogen (secondary N) is 1. The van der Waals surface area contributed by atoms with Crippen LogP contribution in [-0.4, -0.2) is 60.3 Å². The number of carbonyl (C=O) groups excluding carboxylic acids is 2. The molecule has 7 nitrogen and oxygen atoms in total. The monoisotopic (exact) mass is 351 g/mol. The van der Waals surface area contributed by atoms with Gasteiger partial charge in [0, 0.05) is 18.3 Å². The van der Waals surface area contributed by atoms with Crippen molar-refractivity contribution in [3.8, 4) is 0 Å². The minimum atomic E-state index is -0.696. The van der Waals surface area contributed by atoms with E-state index in [1.54, 1.807) is 4.90 Å². The largest absolute Gasteiger partial charge is 0.616 e. The van der Waals surface area contributed by atoms with Crippen LogP contribution in [0.15, 0.2) is 24.3 Å². The first-order chi connectivity index (χ1) is 11.5. The van der Waals surface area contributed by atoms with Crippen LogP contribution < -0.4 is 15.1 Å². The van der Waals surface area contributed by atoms with E-state index in [9.17, 15) is 14.1 Å². The highest BCUT2D eigenvalue weighted by molar-refractivity contribution is 7.91. The number of cyclic esters (lactones) is 1. The lowest BCUT2D eigenvalue weighted by Gasteiger charge is -2.30. The van der Waals surface area contributed by atoms with Gasteiger partial charge in [0.05, 0.1) is 26.2 Å². The first kappa shape index (κ1) is 16.9. The average molecular weight is 351 g/mol. The lowest BCUT2D eigenvalue weighted by molar-refractivity contribution is -0.119. The zero-order valence-corrected chi connectivity index (χ0v) is 14.4. The lowest BCUT2D eigenvalue weighted by atomic mass is 10.2. The van der Waals surface area contributed by atoms with Crippen LogP contribution in [0.5, 0.6) is 0 Å². The fraction of sp³-hybridized carbons (Fsp3) is 0.500. The number of hydrogen-bond acceptors (Lipinski definition) is 5. The molecule has 2 heterocycles. The van der Waals surface area contributed by atoms with Crippen LogP contribution in [0.2, 0.25) is 0 Å². The van der Waals surface area contributed by atoms with Crippen LogP contribution in [0.1, 0.15) is 6.92 Å². The predicted octanol–water partition coefficient (Wildman–Crippen LogP) is 0.717. The van der Waals surface area contributed by atoms with Crippen molar-refractivity contribution >= 4 is 34.6 Å². The van der Waals surface area contributed by atoms with Crippen LogP contribution >= 0.6 is 0 Å². The summed E-state index contributed by atoms with van der Waals surface area (Å²) in [6.45, 7) is 3.75. The highest BCUT2D eigenvalue weighted by atomic mass is 32.2. The third-order valence-electron chi connectivity index (χ3n) is 4.16. The molecule has 24 heavy (non-hydrogen) atoms. The number of ether oxygens (including phenoxy) is 1. The second-order valence-corrected chi connectivity index (χ2v) is 7.60. The normalized spacial score (nSPS) is 21.8. The molecule has 3 rings (SSSR count). The van der Waals surface area contributed by atoms with Gasteiger partial charge >= 0.3 is 6.09 Å². The van der Waals surface area contributed by atoms with E-state index in [0.29, 0.717) is 24.6 Å². The van der Waals surface area contributed by atoms with E-state index in [4.69, 9.17) is 4.74 Å². The van der Waals surface area contributed by atoms with Crippen molar-refractivity contribution in [3.63, 3.8) is 0 Å². The van der Waals surface area contributed by atoms with E-state index in [0.717, 1.165) is 24.5 Å². The lowest BCUT2D eigenvalue weighted by Crippen LogP contribution is -2.40. The topological polar surface area (TPSA) is 84.9 Å². The van der Waals surface area contributed by atoms with Crippen molar-refractivity contribution in [3.05, 3.63) is 24.3 Å². The molecular formula is C16H21N3O4S. The Morgan fingerprint density at radius 3 is 2.54 bits per heavy atom. The minimum Gasteiger partial charge on any atom is -0.616 e. The van der Waals surface area contributed by atoms with Crippen molar-refractivity contribution in [1.29, 1.82) is 0 Å². The molecule has 0 aliphatic carbocycles. The number of hydrogen-bond donors (Lipinski definition) is 1. The maximum absolute atomic E-state index is 12.0. The van der Waals surface area contributed by atoms with E-state index in [1.165, 1.54) is 6.92 Å². The second-order valence-electron chi connectivity index (χ2n) is 5.90. The number of rotatable bonds is 4. The van der Waals surface area contributed by atoms with Gasteiger partial charge in [0.1, 0.15) is 17.6 Å². The summed E-state index contributed by atoms with van der Waals surface area (Å²) in [5.74, 6) is 1.26. The summed E-state index contributed by atoms with van der Waals surface area (Å²) in [5.41, 5.74) is 1.84. The van der Waals surface area contributed by atoms with E-state index < -0.39 is 17.3 Å². The molecule has 0 aromatic heterocycles. The first-order valence-electron chi connectivity index (χ1n) is 7.95. The Morgan fingerprint density at radius 2 is 1.92 bits per heavy atom. The van der Waals surface area contributed by atoms with Gasteiger partial charge < -0.3 is 19.5 Å². The summed E-state index contributed by atoms with van der Waals surface area (Å²) < 4.78 is 16.7. The Balaban J connectivity index is 1.61. The van der Waals surface area contributed by atoms with Gasteiger partial charge in [0.25, 0.3) is 0 Å². The number of amides is 2. The molecular weight excluding hydrogens is 330 g/mol. The quantitative estimate of drug-likeness (QED) is 0.808. The molecule has 2 amide bonds. The molecule has 2 aliphatic heterocycles. The third kappa shape index (κ3) is 3.93. The van der Waals surface area contributed by atoms with Crippen LogP contribution in [0.4, 0.5) is 16.2 Å². The number of anilines is 2. The summed E-state index contributed by atoms with van der Waals surface area (Å²) in [6, 6.07) is 7.72. The Bertz CT molecular complexity index is 602. The molecule has 130 valence electrons. The standard InChI is InChI=1S/C16H21N3O4S/c1-12(20)17-10-15-11-19(16(21)23-15)14-4-2-13(3-5-14)18-6-8-24(22)9-7-18/h2-5,15H,6-11H2,1H3,(H,17,20)/t15-/m0/s1. The van der Waals surface area contributed by atoms with E-state index in [2.05, 4.69) is 10.2 Å². The first-order valence-corrected chi connectivity index (χ1v) is 9.44. The fourth-order valence-electron chi connectivity index (χ4n) is 2.84. The summed E-state index contributed by atoms with van der Waals surface area (Å²) >= 11 is -0.696. The van der Waals surface area contributed by atoms with Crippen molar-refractivity contribution in [2.75, 3.05) is 47.5 Å². The zero-order chi connectivity index (χ0) is 17.1. The van der Waals surface area contributed by atoms with E-state index >= 15 is 0 Å². The Kier molecular flexibility index (Phi) is 5.15. The van der Waals surface area contributed by atoms with Gasteiger partial charge in [0.15, 0.2) is 0 Å². The minimum absolute atomic E-state index is 0.142. The molecule has 1 aromatic rings. The molecule has 0 radical (unpaired) electrons. The van der Waals surface area contributed by atoms with Crippen molar-refractivity contribution in [1.82, 2.24) is 5.32 Å². The number of carbonyl (C=O) groups is 2. The fourth-order valence-corrected chi connectivity index (χ4v) is 3.89.